The Bertz CT molecular complexity index is 873. The summed E-state index contributed by atoms with van der Waals surface area (Å²) in [7, 11) is -3.93. The third kappa shape index (κ3) is 4.01. The number of primary amides is 1. The molecule has 0 radical (unpaired) electrons. The van der Waals surface area contributed by atoms with E-state index in [1.54, 1.807) is 12.1 Å². The maximum absolute atomic E-state index is 12.3. The van der Waals surface area contributed by atoms with Crippen molar-refractivity contribution in [1.82, 2.24) is 9.55 Å². The summed E-state index contributed by atoms with van der Waals surface area (Å²) < 4.78 is 30.1. The molecule has 0 saturated heterocycles. The van der Waals surface area contributed by atoms with Gasteiger partial charge in [0.05, 0.1) is 9.37 Å². The zero-order valence-corrected chi connectivity index (χ0v) is 14.0. The average molecular weight is 385 g/mol. The van der Waals surface area contributed by atoms with Crippen LogP contribution in [0, 0.1) is 6.92 Å². The summed E-state index contributed by atoms with van der Waals surface area (Å²) in [6.07, 6.45) is 2.88. The molecule has 116 valence electrons. The van der Waals surface area contributed by atoms with Crippen LogP contribution >= 0.6 is 15.9 Å². The number of hydrogen-bond donors (Lipinski definition) is 1. The Hall–Kier alpha value is -2.00. The van der Waals surface area contributed by atoms with Crippen LogP contribution in [-0.4, -0.2) is 23.9 Å². The van der Waals surface area contributed by atoms with Crippen LogP contribution in [-0.2, 0) is 21.4 Å². The first kappa shape index (κ1) is 16.4. The largest absolute Gasteiger partial charge is 0.368 e. The fourth-order valence-electron chi connectivity index (χ4n) is 1.66. The molecule has 0 bridgehead atoms. The van der Waals surface area contributed by atoms with Crippen LogP contribution in [0.1, 0.15) is 5.56 Å². The molecule has 0 saturated carbocycles. The number of benzene rings is 1. The zero-order valence-electron chi connectivity index (χ0n) is 11.6. The van der Waals surface area contributed by atoms with Gasteiger partial charge in [-0.15, -0.1) is 4.40 Å². The minimum absolute atomic E-state index is 0.0495. The van der Waals surface area contributed by atoms with Crippen molar-refractivity contribution in [2.24, 2.45) is 10.1 Å². The van der Waals surface area contributed by atoms with Gasteiger partial charge in [0.25, 0.3) is 10.0 Å². The van der Waals surface area contributed by atoms with Gasteiger partial charge in [0.2, 0.25) is 11.5 Å². The molecule has 1 aromatic carbocycles. The molecule has 7 nitrogen and oxygen atoms in total. The van der Waals surface area contributed by atoms with E-state index in [-0.39, 0.29) is 17.1 Å². The lowest BCUT2D eigenvalue weighted by Gasteiger charge is -2.05. The summed E-state index contributed by atoms with van der Waals surface area (Å²) in [5.74, 6) is -0.630. The van der Waals surface area contributed by atoms with Crippen LogP contribution in [0.15, 0.2) is 50.4 Å². The predicted octanol–water partition coefficient (Wildman–Crippen LogP) is 0.729. The van der Waals surface area contributed by atoms with Gasteiger partial charge in [-0.3, -0.25) is 4.79 Å². The van der Waals surface area contributed by atoms with Crippen LogP contribution < -0.4 is 11.4 Å². The maximum Gasteiger partial charge on any atom is 0.285 e. The SMILES string of the molecule is Cc1ccc(S(=O)(=O)/N=c2\ncc(Br)cn2CC(N)=O)cc1. The molecule has 1 aromatic heterocycles. The van der Waals surface area contributed by atoms with Crippen molar-refractivity contribution >= 4 is 31.9 Å². The van der Waals surface area contributed by atoms with Gasteiger partial charge in [0.15, 0.2) is 0 Å². The Morgan fingerprint density at radius 3 is 2.59 bits per heavy atom. The number of halogens is 1. The number of nitrogens with two attached hydrogens (primary N) is 1. The van der Waals surface area contributed by atoms with Gasteiger partial charge in [-0.1, -0.05) is 17.7 Å². The number of rotatable bonds is 4. The molecule has 2 aromatic rings. The van der Waals surface area contributed by atoms with Crippen LogP contribution in [0.25, 0.3) is 0 Å². The monoisotopic (exact) mass is 384 g/mol. The lowest BCUT2D eigenvalue weighted by atomic mass is 10.2. The highest BCUT2D eigenvalue weighted by Gasteiger charge is 2.13. The number of carbonyl (C=O) groups is 1. The lowest BCUT2D eigenvalue weighted by molar-refractivity contribution is -0.118. The van der Waals surface area contributed by atoms with Gasteiger partial charge in [-0.2, -0.15) is 8.42 Å². The topological polar surface area (TPSA) is 107 Å². The zero-order chi connectivity index (χ0) is 16.3. The van der Waals surface area contributed by atoms with Gasteiger partial charge in [-0.25, -0.2) is 4.98 Å². The van der Waals surface area contributed by atoms with Gasteiger partial charge in [0, 0.05) is 12.4 Å². The molecule has 9 heteroatoms. The van der Waals surface area contributed by atoms with Crippen molar-refractivity contribution in [3.63, 3.8) is 0 Å². The van der Waals surface area contributed by atoms with E-state index in [9.17, 15) is 13.2 Å². The number of hydrogen-bond acceptors (Lipinski definition) is 4. The minimum Gasteiger partial charge on any atom is -0.368 e. The second-order valence-corrected chi connectivity index (χ2v) is 7.07. The summed E-state index contributed by atoms with van der Waals surface area (Å²) in [6.45, 7) is 1.62. The van der Waals surface area contributed by atoms with E-state index in [1.165, 1.54) is 29.1 Å². The van der Waals surface area contributed by atoms with Crippen LogP contribution in [0.3, 0.4) is 0 Å². The molecule has 1 heterocycles. The first-order chi connectivity index (χ1) is 10.3. The number of amides is 1. The molecular formula is C13H13BrN4O3S. The molecule has 22 heavy (non-hydrogen) atoms. The van der Waals surface area contributed by atoms with E-state index in [1.807, 2.05) is 6.92 Å². The highest BCUT2D eigenvalue weighted by Crippen LogP contribution is 2.12. The van der Waals surface area contributed by atoms with E-state index in [0.717, 1.165) is 5.56 Å². The summed E-state index contributed by atoms with van der Waals surface area (Å²) >= 11 is 3.19. The quantitative estimate of drug-likeness (QED) is 0.837. The van der Waals surface area contributed by atoms with E-state index in [0.29, 0.717) is 4.47 Å². The van der Waals surface area contributed by atoms with Crippen molar-refractivity contribution in [3.8, 4) is 0 Å². The summed E-state index contributed by atoms with van der Waals surface area (Å²) in [5.41, 5.74) is 5.95. The molecule has 0 fully saturated rings. The maximum atomic E-state index is 12.3. The van der Waals surface area contributed by atoms with Gasteiger partial charge in [-0.05, 0) is 35.0 Å². The van der Waals surface area contributed by atoms with Crippen LogP contribution in [0.2, 0.25) is 0 Å². The molecule has 0 aliphatic rings. The molecular weight excluding hydrogens is 372 g/mol. The molecule has 0 aliphatic carbocycles. The number of aryl methyl sites for hydroxylation is 1. The van der Waals surface area contributed by atoms with Gasteiger partial charge >= 0.3 is 0 Å². The van der Waals surface area contributed by atoms with Crippen LogP contribution in [0.5, 0.6) is 0 Å². The summed E-state index contributed by atoms with van der Waals surface area (Å²) in [4.78, 5) is 15.0. The summed E-state index contributed by atoms with van der Waals surface area (Å²) in [6, 6.07) is 6.28. The Labute approximate surface area is 135 Å². The predicted molar refractivity (Wildman–Crippen MR) is 83.0 cm³/mol. The van der Waals surface area contributed by atoms with Crippen molar-refractivity contribution in [2.75, 3.05) is 0 Å². The highest BCUT2D eigenvalue weighted by atomic mass is 79.9. The average Bonchev–Trinajstić information content (AvgIpc) is 2.41. The first-order valence-electron chi connectivity index (χ1n) is 6.16. The van der Waals surface area contributed by atoms with E-state index < -0.39 is 15.9 Å². The Morgan fingerprint density at radius 1 is 1.36 bits per heavy atom. The number of aromatic nitrogens is 2. The third-order valence-corrected chi connectivity index (χ3v) is 4.37. The van der Waals surface area contributed by atoms with E-state index in [4.69, 9.17) is 5.73 Å². The fourth-order valence-corrected chi connectivity index (χ4v) is 2.97. The molecule has 0 unspecified atom stereocenters. The van der Waals surface area contributed by atoms with Crippen molar-refractivity contribution in [2.45, 2.75) is 18.4 Å². The van der Waals surface area contributed by atoms with Crippen molar-refractivity contribution < 1.29 is 13.2 Å². The second kappa shape index (κ2) is 6.41. The first-order valence-corrected chi connectivity index (χ1v) is 8.39. The Kier molecular flexibility index (Phi) is 4.77. The summed E-state index contributed by atoms with van der Waals surface area (Å²) in [5, 5.41) is 0. The van der Waals surface area contributed by atoms with Crippen molar-refractivity contribution in [3.05, 3.63) is 52.3 Å². The normalized spacial score (nSPS) is 12.4. The van der Waals surface area contributed by atoms with E-state index in [2.05, 4.69) is 25.3 Å². The molecule has 2 N–H and O–H groups in total. The standard InChI is InChI=1S/C13H13BrN4O3S/c1-9-2-4-11(5-3-9)22(20,21)17-13-16-6-10(14)7-18(13)8-12(15)19/h2-7H,8H2,1H3,(H2,15,19)/b17-13+. The van der Waals surface area contributed by atoms with Gasteiger partial charge in [0.1, 0.15) is 6.54 Å². The molecule has 0 aliphatic heterocycles. The minimum atomic E-state index is -3.93. The van der Waals surface area contributed by atoms with Crippen LogP contribution in [0.4, 0.5) is 0 Å². The Balaban J connectivity index is 2.56. The number of nitrogens with zero attached hydrogens (tertiary/aromatic N) is 3. The molecule has 1 amide bonds. The molecule has 0 atom stereocenters. The van der Waals surface area contributed by atoms with Gasteiger partial charge < -0.3 is 10.3 Å². The third-order valence-electron chi connectivity index (χ3n) is 2.69. The highest BCUT2D eigenvalue weighted by molar-refractivity contribution is 9.10. The number of carbonyl (C=O) groups excluding carboxylic acids is 1. The van der Waals surface area contributed by atoms with E-state index >= 15 is 0 Å². The fraction of sp³-hybridized carbons (Fsp3) is 0.154. The second-order valence-electron chi connectivity index (χ2n) is 4.55. The Morgan fingerprint density at radius 2 is 2.00 bits per heavy atom. The molecule has 2 rings (SSSR count). The van der Waals surface area contributed by atoms with Crippen molar-refractivity contribution in [1.29, 1.82) is 0 Å². The number of sulfonamides is 1. The lowest BCUT2D eigenvalue weighted by Crippen LogP contribution is -2.31. The molecule has 0 spiro atoms. The smallest absolute Gasteiger partial charge is 0.285 e.